The van der Waals surface area contributed by atoms with E-state index in [4.69, 9.17) is 20.9 Å². The molecule has 3 rings (SSSR count). The first-order valence-corrected chi connectivity index (χ1v) is 9.03. The van der Waals surface area contributed by atoms with Gasteiger partial charge >= 0.3 is 0 Å². The summed E-state index contributed by atoms with van der Waals surface area (Å²) in [6.07, 6.45) is -0.167. The van der Waals surface area contributed by atoms with Crippen molar-refractivity contribution in [2.75, 3.05) is 0 Å². The Morgan fingerprint density at radius 3 is 2.67 bits per heavy atom. The molecule has 0 saturated carbocycles. The fourth-order valence-electron chi connectivity index (χ4n) is 2.44. The number of nitrogens with zero attached hydrogens (tertiary/aromatic N) is 2. The molecule has 6 nitrogen and oxygen atoms in total. The van der Waals surface area contributed by atoms with Crippen LogP contribution < -0.4 is 10.1 Å². The Labute approximate surface area is 162 Å². The average molecular weight is 386 g/mol. The first-order valence-electron chi connectivity index (χ1n) is 8.65. The van der Waals surface area contributed by atoms with Crippen LogP contribution in [0.5, 0.6) is 5.75 Å². The zero-order valence-electron chi connectivity index (χ0n) is 15.1. The van der Waals surface area contributed by atoms with E-state index in [0.29, 0.717) is 28.9 Å². The molecule has 0 radical (unpaired) electrons. The molecule has 7 heteroatoms. The van der Waals surface area contributed by atoms with Crippen LogP contribution in [0.4, 0.5) is 0 Å². The highest BCUT2D eigenvalue weighted by atomic mass is 35.5. The number of benzene rings is 2. The van der Waals surface area contributed by atoms with Gasteiger partial charge in [-0.05, 0) is 25.5 Å². The Morgan fingerprint density at radius 2 is 1.96 bits per heavy atom. The van der Waals surface area contributed by atoms with Crippen molar-refractivity contribution >= 4 is 17.5 Å². The summed E-state index contributed by atoms with van der Waals surface area (Å²) in [7, 11) is 0. The number of ether oxygens (including phenoxy) is 1. The summed E-state index contributed by atoms with van der Waals surface area (Å²) in [5, 5.41) is 7.17. The van der Waals surface area contributed by atoms with E-state index in [-0.39, 0.29) is 12.5 Å². The van der Waals surface area contributed by atoms with E-state index < -0.39 is 6.10 Å². The third-order valence-corrected chi connectivity index (χ3v) is 4.27. The molecule has 1 atom stereocenters. The number of nitrogens with one attached hydrogen (secondary N) is 1. The summed E-state index contributed by atoms with van der Waals surface area (Å²) in [4.78, 5) is 16.7. The van der Waals surface area contributed by atoms with Gasteiger partial charge in [0, 0.05) is 5.56 Å². The molecule has 3 aromatic rings. The number of halogens is 1. The van der Waals surface area contributed by atoms with Gasteiger partial charge in [-0.3, -0.25) is 4.79 Å². The van der Waals surface area contributed by atoms with Crippen LogP contribution >= 0.6 is 11.6 Å². The number of hydrogen-bond acceptors (Lipinski definition) is 5. The summed E-state index contributed by atoms with van der Waals surface area (Å²) < 4.78 is 10.9. The SMILES string of the molecule is CCC(Oc1ccccc1Cl)C(=O)NCc1nc(-c2ccc(C)cc2)no1. The molecule has 140 valence electrons. The molecule has 1 N–H and O–H groups in total. The highest BCUT2D eigenvalue weighted by Crippen LogP contribution is 2.25. The average Bonchev–Trinajstić information content (AvgIpc) is 3.15. The minimum atomic E-state index is -0.663. The van der Waals surface area contributed by atoms with Crippen molar-refractivity contribution in [3.8, 4) is 17.1 Å². The fourth-order valence-corrected chi connectivity index (χ4v) is 2.62. The van der Waals surface area contributed by atoms with Gasteiger partial charge in [-0.2, -0.15) is 4.98 Å². The second kappa shape index (κ2) is 8.68. The van der Waals surface area contributed by atoms with Crippen LogP contribution in [-0.2, 0) is 11.3 Å². The minimum Gasteiger partial charge on any atom is -0.479 e. The van der Waals surface area contributed by atoms with Crippen LogP contribution in [-0.4, -0.2) is 22.2 Å². The number of aromatic nitrogens is 2. The maximum Gasteiger partial charge on any atom is 0.261 e. The zero-order chi connectivity index (χ0) is 19.2. The Bertz CT molecular complexity index is 909. The summed E-state index contributed by atoms with van der Waals surface area (Å²) in [6, 6.07) is 14.8. The smallest absolute Gasteiger partial charge is 0.261 e. The molecule has 0 aliphatic carbocycles. The van der Waals surface area contributed by atoms with Crippen molar-refractivity contribution in [2.45, 2.75) is 32.9 Å². The first-order chi connectivity index (χ1) is 13.1. The van der Waals surface area contributed by atoms with Gasteiger partial charge in [-0.1, -0.05) is 65.6 Å². The Hall–Kier alpha value is -2.86. The lowest BCUT2D eigenvalue weighted by Gasteiger charge is -2.17. The number of para-hydroxylation sites is 1. The second-order valence-corrected chi connectivity index (χ2v) is 6.45. The predicted octanol–water partition coefficient (Wildman–Crippen LogP) is 4.17. The van der Waals surface area contributed by atoms with Crippen LogP contribution in [0, 0.1) is 6.92 Å². The normalized spacial score (nSPS) is 11.8. The third kappa shape index (κ3) is 4.86. The molecule has 0 fully saturated rings. The van der Waals surface area contributed by atoms with Gasteiger partial charge in [0.1, 0.15) is 5.75 Å². The fraction of sp³-hybridized carbons (Fsp3) is 0.250. The van der Waals surface area contributed by atoms with Crippen molar-refractivity contribution in [3.63, 3.8) is 0 Å². The summed E-state index contributed by atoms with van der Waals surface area (Å²) in [5.41, 5.74) is 2.01. The summed E-state index contributed by atoms with van der Waals surface area (Å²) >= 11 is 6.08. The van der Waals surface area contributed by atoms with Crippen molar-refractivity contribution < 1.29 is 14.1 Å². The van der Waals surface area contributed by atoms with Crippen LogP contribution in [0.2, 0.25) is 5.02 Å². The molecule has 1 unspecified atom stereocenters. The number of carbonyl (C=O) groups excluding carboxylic acids is 1. The number of rotatable bonds is 7. The van der Waals surface area contributed by atoms with Gasteiger partial charge in [0.05, 0.1) is 11.6 Å². The van der Waals surface area contributed by atoms with E-state index in [1.165, 1.54) is 0 Å². The number of aryl methyl sites for hydroxylation is 1. The van der Waals surface area contributed by atoms with Crippen molar-refractivity contribution in [1.82, 2.24) is 15.5 Å². The van der Waals surface area contributed by atoms with Gasteiger partial charge < -0.3 is 14.6 Å². The lowest BCUT2D eigenvalue weighted by atomic mass is 10.1. The molecular weight excluding hydrogens is 366 g/mol. The van der Waals surface area contributed by atoms with Crippen molar-refractivity contribution in [2.24, 2.45) is 0 Å². The molecule has 0 spiro atoms. The van der Waals surface area contributed by atoms with Gasteiger partial charge in [0.2, 0.25) is 11.7 Å². The highest BCUT2D eigenvalue weighted by molar-refractivity contribution is 6.32. The van der Waals surface area contributed by atoms with E-state index >= 15 is 0 Å². The van der Waals surface area contributed by atoms with Gasteiger partial charge in [0.25, 0.3) is 5.91 Å². The number of hydrogen-bond donors (Lipinski definition) is 1. The molecule has 1 aromatic heterocycles. The highest BCUT2D eigenvalue weighted by Gasteiger charge is 2.20. The van der Waals surface area contributed by atoms with Gasteiger partial charge in [0.15, 0.2) is 6.10 Å². The maximum absolute atomic E-state index is 12.4. The molecule has 0 aliphatic rings. The van der Waals surface area contributed by atoms with Crippen molar-refractivity contribution in [3.05, 3.63) is 65.0 Å². The molecule has 1 heterocycles. The molecule has 0 bridgehead atoms. The predicted molar refractivity (Wildman–Crippen MR) is 102 cm³/mol. The molecule has 2 aromatic carbocycles. The van der Waals surface area contributed by atoms with Crippen LogP contribution in [0.25, 0.3) is 11.4 Å². The van der Waals surface area contributed by atoms with Crippen LogP contribution in [0.15, 0.2) is 53.1 Å². The van der Waals surface area contributed by atoms with Gasteiger partial charge in [-0.15, -0.1) is 0 Å². The molecule has 1 amide bonds. The van der Waals surface area contributed by atoms with E-state index in [9.17, 15) is 4.79 Å². The Balaban J connectivity index is 1.59. The Kier molecular flexibility index (Phi) is 6.08. The molecule has 0 aliphatic heterocycles. The van der Waals surface area contributed by atoms with E-state index in [2.05, 4.69) is 15.5 Å². The molecule has 0 saturated heterocycles. The van der Waals surface area contributed by atoms with E-state index in [1.807, 2.05) is 38.1 Å². The van der Waals surface area contributed by atoms with Crippen molar-refractivity contribution in [1.29, 1.82) is 0 Å². The van der Waals surface area contributed by atoms with E-state index in [0.717, 1.165) is 11.1 Å². The minimum absolute atomic E-state index is 0.125. The zero-order valence-corrected chi connectivity index (χ0v) is 15.9. The number of carbonyl (C=O) groups is 1. The lowest BCUT2D eigenvalue weighted by Crippen LogP contribution is -2.37. The van der Waals surface area contributed by atoms with Crippen LogP contribution in [0.3, 0.4) is 0 Å². The maximum atomic E-state index is 12.4. The largest absolute Gasteiger partial charge is 0.479 e. The lowest BCUT2D eigenvalue weighted by molar-refractivity contribution is -0.128. The summed E-state index contributed by atoms with van der Waals surface area (Å²) in [6.45, 7) is 4.00. The standard InChI is InChI=1S/C20H20ClN3O3/c1-3-16(26-17-7-5-4-6-15(17)21)20(25)22-12-18-23-19(24-27-18)14-10-8-13(2)9-11-14/h4-11,16H,3,12H2,1-2H3,(H,22,25). The quantitative estimate of drug-likeness (QED) is 0.660. The third-order valence-electron chi connectivity index (χ3n) is 3.96. The Morgan fingerprint density at radius 1 is 1.22 bits per heavy atom. The molecule has 27 heavy (non-hydrogen) atoms. The second-order valence-electron chi connectivity index (χ2n) is 6.04. The van der Waals surface area contributed by atoms with Gasteiger partial charge in [-0.25, -0.2) is 0 Å². The monoisotopic (exact) mass is 385 g/mol. The summed E-state index contributed by atoms with van der Waals surface area (Å²) in [5.74, 6) is 1.01. The molecular formula is C20H20ClN3O3. The van der Waals surface area contributed by atoms with Crippen LogP contribution in [0.1, 0.15) is 24.8 Å². The topological polar surface area (TPSA) is 77.2 Å². The first kappa shape index (κ1) is 18.9. The van der Waals surface area contributed by atoms with E-state index in [1.54, 1.807) is 24.3 Å². The number of amides is 1.